The molecule has 0 atom stereocenters. The van der Waals surface area contributed by atoms with E-state index in [2.05, 4.69) is 0 Å². The summed E-state index contributed by atoms with van der Waals surface area (Å²) in [5.41, 5.74) is -0.0270. The summed E-state index contributed by atoms with van der Waals surface area (Å²) in [6.45, 7) is 9.48. The van der Waals surface area contributed by atoms with Crippen molar-refractivity contribution in [1.82, 2.24) is 0 Å². The first-order valence-corrected chi connectivity index (χ1v) is 6.24. The quantitative estimate of drug-likeness (QED) is 0.879. The van der Waals surface area contributed by atoms with E-state index in [9.17, 15) is 9.90 Å². The van der Waals surface area contributed by atoms with Crippen molar-refractivity contribution in [3.63, 3.8) is 0 Å². The first kappa shape index (κ1) is 15.5. The Morgan fingerprint density at radius 2 is 1.79 bits per heavy atom. The second-order valence-corrected chi connectivity index (χ2v) is 6.37. The maximum Gasteiger partial charge on any atom is 0.335 e. The fourth-order valence-corrected chi connectivity index (χ4v) is 1.65. The van der Waals surface area contributed by atoms with Crippen LogP contribution in [0.4, 0.5) is 0 Å². The van der Waals surface area contributed by atoms with Crippen LogP contribution < -0.4 is 4.74 Å². The maximum absolute atomic E-state index is 11.0. The molecule has 0 saturated heterocycles. The summed E-state index contributed by atoms with van der Waals surface area (Å²) in [5, 5.41) is 18.7. The number of aromatic carboxylic acids is 1. The molecule has 1 aromatic rings. The predicted octanol–water partition coefficient (Wildman–Crippen LogP) is 2.83. The number of hydrogen-bond donors (Lipinski definition) is 2. The van der Waals surface area contributed by atoms with Gasteiger partial charge in [-0.1, -0.05) is 26.8 Å². The Morgan fingerprint density at radius 3 is 2.21 bits per heavy atom. The van der Waals surface area contributed by atoms with E-state index in [-0.39, 0.29) is 17.6 Å². The van der Waals surface area contributed by atoms with Crippen LogP contribution in [-0.4, -0.2) is 28.4 Å². The second kappa shape index (κ2) is 5.21. The summed E-state index contributed by atoms with van der Waals surface area (Å²) in [6, 6.07) is 4.84. The molecule has 19 heavy (non-hydrogen) atoms. The molecule has 0 bridgehead atoms. The lowest BCUT2D eigenvalue weighted by atomic mass is 9.85. The Kier molecular flexibility index (Phi) is 4.25. The van der Waals surface area contributed by atoms with E-state index in [0.717, 1.165) is 5.56 Å². The zero-order valence-electron chi connectivity index (χ0n) is 12.2. The van der Waals surface area contributed by atoms with Crippen LogP contribution in [0.25, 0.3) is 0 Å². The minimum atomic E-state index is -0.992. The summed E-state index contributed by atoms with van der Waals surface area (Å²) in [7, 11) is 0. The molecule has 1 rings (SSSR count). The summed E-state index contributed by atoms with van der Waals surface area (Å²) in [4.78, 5) is 11.0. The van der Waals surface area contributed by atoms with Crippen molar-refractivity contribution in [2.24, 2.45) is 0 Å². The zero-order valence-corrected chi connectivity index (χ0v) is 12.2. The van der Waals surface area contributed by atoms with Gasteiger partial charge < -0.3 is 14.9 Å². The number of carbonyl (C=O) groups is 1. The van der Waals surface area contributed by atoms with E-state index in [1.165, 1.54) is 6.07 Å². The summed E-state index contributed by atoms with van der Waals surface area (Å²) in [6.07, 6.45) is 0. The van der Waals surface area contributed by atoms with Crippen LogP contribution in [0, 0.1) is 0 Å². The minimum Gasteiger partial charge on any atom is -0.490 e. The van der Waals surface area contributed by atoms with Gasteiger partial charge in [0, 0.05) is 0 Å². The minimum absolute atomic E-state index is 0.110. The third-order valence-electron chi connectivity index (χ3n) is 2.62. The van der Waals surface area contributed by atoms with Crippen molar-refractivity contribution >= 4 is 5.97 Å². The first-order chi connectivity index (χ1) is 8.50. The topological polar surface area (TPSA) is 66.8 Å². The average molecular weight is 266 g/mol. The Labute approximate surface area is 114 Å². The van der Waals surface area contributed by atoms with Gasteiger partial charge in [-0.3, -0.25) is 0 Å². The Bertz CT molecular complexity index is 464. The lowest BCUT2D eigenvalue weighted by Gasteiger charge is -2.25. The molecular weight excluding hydrogens is 244 g/mol. The summed E-state index contributed by atoms with van der Waals surface area (Å²) >= 11 is 0. The highest BCUT2D eigenvalue weighted by Gasteiger charge is 2.22. The van der Waals surface area contributed by atoms with Crippen LogP contribution in [-0.2, 0) is 5.41 Å². The molecule has 0 aromatic heterocycles. The number of ether oxygens (including phenoxy) is 1. The van der Waals surface area contributed by atoms with Gasteiger partial charge in [-0.15, -0.1) is 0 Å². The van der Waals surface area contributed by atoms with Crippen LogP contribution in [0.1, 0.15) is 50.5 Å². The fourth-order valence-electron chi connectivity index (χ4n) is 1.65. The molecule has 0 aliphatic heterocycles. The molecule has 106 valence electrons. The molecular formula is C15H22O4. The van der Waals surface area contributed by atoms with Gasteiger partial charge in [-0.05, 0) is 37.0 Å². The number of carboxylic acids is 1. The highest BCUT2D eigenvalue weighted by atomic mass is 16.5. The van der Waals surface area contributed by atoms with Gasteiger partial charge >= 0.3 is 5.97 Å². The largest absolute Gasteiger partial charge is 0.490 e. The molecule has 0 unspecified atom stereocenters. The maximum atomic E-state index is 11.0. The zero-order chi connectivity index (χ0) is 14.8. The SMILES string of the molecule is CC(C)(O)COc1cc(C(=O)O)ccc1C(C)(C)C. The average Bonchev–Trinajstić information content (AvgIpc) is 2.23. The third-order valence-corrected chi connectivity index (χ3v) is 2.62. The van der Waals surface area contributed by atoms with Crippen molar-refractivity contribution in [2.75, 3.05) is 6.61 Å². The number of hydrogen-bond acceptors (Lipinski definition) is 3. The molecule has 0 radical (unpaired) electrons. The molecule has 0 amide bonds. The van der Waals surface area contributed by atoms with E-state index in [1.54, 1.807) is 26.0 Å². The van der Waals surface area contributed by atoms with Crippen molar-refractivity contribution in [3.8, 4) is 5.75 Å². The molecule has 0 spiro atoms. The standard InChI is InChI=1S/C15H22O4/c1-14(2,3)11-7-6-10(13(16)17)8-12(11)19-9-15(4,5)18/h6-8,18H,9H2,1-5H3,(H,16,17). The van der Waals surface area contributed by atoms with E-state index in [0.29, 0.717) is 5.75 Å². The molecule has 0 heterocycles. The third kappa shape index (κ3) is 4.56. The van der Waals surface area contributed by atoms with Gasteiger partial charge in [0.2, 0.25) is 0 Å². The highest BCUT2D eigenvalue weighted by molar-refractivity contribution is 5.88. The van der Waals surface area contributed by atoms with Crippen molar-refractivity contribution < 1.29 is 19.7 Å². The number of aliphatic hydroxyl groups is 1. The smallest absolute Gasteiger partial charge is 0.335 e. The molecule has 1 aromatic carbocycles. The van der Waals surface area contributed by atoms with Crippen molar-refractivity contribution in [1.29, 1.82) is 0 Å². The first-order valence-electron chi connectivity index (χ1n) is 6.24. The molecule has 2 N–H and O–H groups in total. The molecule has 0 aliphatic rings. The summed E-state index contributed by atoms with van der Waals surface area (Å²) < 4.78 is 5.61. The van der Waals surface area contributed by atoms with Crippen LogP contribution in [0.3, 0.4) is 0 Å². The van der Waals surface area contributed by atoms with Crippen LogP contribution >= 0.6 is 0 Å². The van der Waals surface area contributed by atoms with E-state index >= 15 is 0 Å². The van der Waals surface area contributed by atoms with Gasteiger partial charge in [0.15, 0.2) is 0 Å². The van der Waals surface area contributed by atoms with Gasteiger partial charge in [-0.2, -0.15) is 0 Å². The van der Waals surface area contributed by atoms with E-state index in [4.69, 9.17) is 9.84 Å². The molecule has 0 fully saturated rings. The highest BCUT2D eigenvalue weighted by Crippen LogP contribution is 2.32. The van der Waals surface area contributed by atoms with Crippen molar-refractivity contribution in [3.05, 3.63) is 29.3 Å². The van der Waals surface area contributed by atoms with Crippen LogP contribution in [0.15, 0.2) is 18.2 Å². The second-order valence-electron chi connectivity index (χ2n) is 6.37. The van der Waals surface area contributed by atoms with Gasteiger partial charge in [0.25, 0.3) is 0 Å². The number of rotatable bonds is 4. The lowest BCUT2D eigenvalue weighted by Crippen LogP contribution is -2.28. The number of carboxylic acid groups (broad SMARTS) is 1. The Hall–Kier alpha value is -1.55. The molecule has 0 aliphatic carbocycles. The fraction of sp³-hybridized carbons (Fsp3) is 0.533. The molecule has 0 saturated carbocycles. The summed E-state index contributed by atoms with van der Waals surface area (Å²) in [5.74, 6) is -0.483. The lowest BCUT2D eigenvalue weighted by molar-refractivity contribution is 0.0278. The number of benzene rings is 1. The predicted molar refractivity (Wildman–Crippen MR) is 73.9 cm³/mol. The Balaban J connectivity index is 3.15. The van der Waals surface area contributed by atoms with Crippen LogP contribution in [0.5, 0.6) is 5.75 Å². The Morgan fingerprint density at radius 1 is 1.21 bits per heavy atom. The normalized spacial score (nSPS) is 12.3. The monoisotopic (exact) mass is 266 g/mol. The molecule has 4 heteroatoms. The van der Waals surface area contributed by atoms with E-state index < -0.39 is 11.6 Å². The molecule has 4 nitrogen and oxygen atoms in total. The van der Waals surface area contributed by atoms with Crippen molar-refractivity contribution in [2.45, 2.75) is 45.6 Å². The van der Waals surface area contributed by atoms with Gasteiger partial charge in [-0.25, -0.2) is 4.79 Å². The van der Waals surface area contributed by atoms with E-state index in [1.807, 2.05) is 20.8 Å². The van der Waals surface area contributed by atoms with Crippen LogP contribution in [0.2, 0.25) is 0 Å². The van der Waals surface area contributed by atoms with Gasteiger partial charge in [0.1, 0.15) is 12.4 Å². The van der Waals surface area contributed by atoms with Gasteiger partial charge in [0.05, 0.1) is 11.2 Å².